The summed E-state index contributed by atoms with van der Waals surface area (Å²) in [5.41, 5.74) is 1.26. The van der Waals surface area contributed by atoms with E-state index in [0.717, 1.165) is 10.7 Å². The Morgan fingerprint density at radius 1 is 0.531 bits per heavy atom. The predicted octanol–water partition coefficient (Wildman–Crippen LogP) is 2.25. The zero-order valence-corrected chi connectivity index (χ0v) is 21.4. The van der Waals surface area contributed by atoms with Gasteiger partial charge in [-0.15, -0.1) is 0 Å². The van der Waals surface area contributed by atoms with Gasteiger partial charge in [-0.25, -0.2) is 0 Å². The molecule has 0 N–H and O–H groups in total. The third kappa shape index (κ3) is 4.66. The van der Waals surface area contributed by atoms with E-state index in [1.807, 2.05) is 36.4 Å². The van der Waals surface area contributed by atoms with E-state index in [2.05, 4.69) is 0 Å². The molecule has 0 spiro atoms. The van der Waals surface area contributed by atoms with E-state index < -0.39 is 35.2 Å². The molecule has 3 aromatic carbocycles. The standard InChI is InChI=1S/3C8H7O2.ClH.Sn/c3*1-10-8(9)7-5-3-2-4-6-7;;/h3*3-6H,1H3;1H;/q;;;;+1/p-1. The minimum atomic E-state index is -4.04. The molecule has 164 valence electrons. The summed E-state index contributed by atoms with van der Waals surface area (Å²) in [6, 6.07) is 21.1. The average molecular weight is 560 g/mol. The fraction of sp³-hybridized carbons (Fsp3) is 0.125. The van der Waals surface area contributed by atoms with Crippen LogP contribution in [0, 0.1) is 0 Å². The van der Waals surface area contributed by atoms with E-state index in [1.54, 1.807) is 36.4 Å². The molecule has 0 heterocycles. The minimum absolute atomic E-state index is 0.420. The number of benzene rings is 3. The van der Waals surface area contributed by atoms with E-state index in [1.165, 1.54) is 21.3 Å². The molecule has 0 saturated carbocycles. The van der Waals surface area contributed by atoms with Crippen LogP contribution in [0.5, 0.6) is 0 Å². The fourth-order valence-corrected chi connectivity index (χ4v) is 14.1. The third-order valence-corrected chi connectivity index (χ3v) is 19.2. The van der Waals surface area contributed by atoms with Crippen molar-refractivity contribution < 1.29 is 28.6 Å². The van der Waals surface area contributed by atoms with Gasteiger partial charge < -0.3 is 0 Å². The summed E-state index contributed by atoms with van der Waals surface area (Å²) in [6.45, 7) is 0. The van der Waals surface area contributed by atoms with Crippen LogP contribution < -0.4 is 10.7 Å². The number of carbonyl (C=O) groups excluding carboxylic acids is 3. The second-order valence-corrected chi connectivity index (χ2v) is 19.4. The molecule has 0 unspecified atom stereocenters. The zero-order chi connectivity index (χ0) is 23.3. The molecular weight excluding hydrogens is 538 g/mol. The number of rotatable bonds is 6. The Kier molecular flexibility index (Phi) is 7.58. The summed E-state index contributed by atoms with van der Waals surface area (Å²) in [4.78, 5) is 35.5. The van der Waals surface area contributed by atoms with Crippen molar-refractivity contribution in [1.82, 2.24) is 0 Å². The van der Waals surface area contributed by atoms with Gasteiger partial charge in [-0.05, 0) is 0 Å². The van der Waals surface area contributed by atoms with Gasteiger partial charge in [0.1, 0.15) is 0 Å². The maximum atomic E-state index is 11.8. The van der Waals surface area contributed by atoms with Gasteiger partial charge in [-0.3, -0.25) is 0 Å². The SMILES string of the molecule is COC(=O)c1cc[c]([Sn]([Cl])([c]2ccc(C(=O)OC)cc2)[c]2ccc(C(=O)OC)cc2)cc1. The van der Waals surface area contributed by atoms with Crippen LogP contribution >= 0.6 is 8.92 Å². The molecule has 0 bridgehead atoms. The van der Waals surface area contributed by atoms with Crippen LogP contribution in [0.25, 0.3) is 0 Å². The van der Waals surface area contributed by atoms with Gasteiger partial charge in [0.25, 0.3) is 0 Å². The van der Waals surface area contributed by atoms with Crippen LogP contribution in [0.3, 0.4) is 0 Å². The van der Waals surface area contributed by atoms with Crippen molar-refractivity contribution in [2.45, 2.75) is 0 Å². The molecule has 0 saturated heterocycles. The number of hydrogen-bond acceptors (Lipinski definition) is 6. The molecule has 0 aliphatic rings. The molecule has 32 heavy (non-hydrogen) atoms. The van der Waals surface area contributed by atoms with Gasteiger partial charge >= 0.3 is 194 Å². The second kappa shape index (κ2) is 10.2. The molecule has 6 nitrogen and oxygen atoms in total. The molecule has 0 aromatic heterocycles. The summed E-state index contributed by atoms with van der Waals surface area (Å²) >= 11 is -4.04. The Hall–Kier alpha value is -2.84. The molecule has 0 aliphatic carbocycles. The first-order chi connectivity index (χ1) is 15.3. The van der Waals surface area contributed by atoms with E-state index >= 15 is 0 Å². The van der Waals surface area contributed by atoms with Crippen molar-refractivity contribution in [2.24, 2.45) is 0 Å². The molecular formula is C24H21ClO6Sn. The molecule has 3 aromatic rings. The first-order valence-corrected chi connectivity index (χ1v) is 17.5. The predicted molar refractivity (Wildman–Crippen MR) is 124 cm³/mol. The summed E-state index contributed by atoms with van der Waals surface area (Å²) in [5, 5.41) is 0. The normalized spacial score (nSPS) is 10.9. The summed E-state index contributed by atoms with van der Waals surface area (Å²) in [5.74, 6) is -1.30. The molecule has 0 fully saturated rings. The van der Waals surface area contributed by atoms with Crippen molar-refractivity contribution in [3.05, 3.63) is 89.5 Å². The van der Waals surface area contributed by atoms with Gasteiger partial charge in [-0.1, -0.05) is 0 Å². The van der Waals surface area contributed by atoms with Crippen LogP contribution in [0.15, 0.2) is 72.8 Å². The van der Waals surface area contributed by atoms with Crippen LogP contribution in [-0.4, -0.2) is 56.5 Å². The molecule has 0 amide bonds. The van der Waals surface area contributed by atoms with Gasteiger partial charge in [-0.2, -0.15) is 0 Å². The van der Waals surface area contributed by atoms with E-state index in [4.69, 9.17) is 23.1 Å². The van der Waals surface area contributed by atoms with Crippen molar-refractivity contribution in [2.75, 3.05) is 21.3 Å². The van der Waals surface area contributed by atoms with Gasteiger partial charge in [0.05, 0.1) is 0 Å². The number of hydrogen-bond donors (Lipinski definition) is 0. The molecule has 3 rings (SSSR count). The van der Waals surface area contributed by atoms with E-state index in [9.17, 15) is 14.4 Å². The Balaban J connectivity index is 2.13. The van der Waals surface area contributed by atoms with Gasteiger partial charge in [0, 0.05) is 0 Å². The van der Waals surface area contributed by atoms with Crippen LogP contribution in [-0.2, 0) is 14.2 Å². The summed E-state index contributed by atoms with van der Waals surface area (Å²) < 4.78 is 17.0. The monoisotopic (exact) mass is 560 g/mol. The first kappa shape index (κ1) is 23.8. The van der Waals surface area contributed by atoms with Crippen LogP contribution in [0.1, 0.15) is 31.1 Å². The molecule has 0 radical (unpaired) electrons. The summed E-state index contributed by atoms with van der Waals surface area (Å²) in [6.07, 6.45) is 0. The fourth-order valence-electron chi connectivity index (χ4n) is 3.36. The zero-order valence-electron chi connectivity index (χ0n) is 17.8. The van der Waals surface area contributed by atoms with E-state index in [0.29, 0.717) is 16.7 Å². The number of methoxy groups -OCH3 is 3. The van der Waals surface area contributed by atoms with Crippen molar-refractivity contribution in [3.8, 4) is 0 Å². The Bertz CT molecular complexity index is 980. The molecule has 0 atom stereocenters. The quantitative estimate of drug-likeness (QED) is 0.262. The second-order valence-electron chi connectivity index (χ2n) is 6.87. The van der Waals surface area contributed by atoms with Crippen molar-refractivity contribution in [1.29, 1.82) is 0 Å². The number of carbonyl (C=O) groups is 3. The van der Waals surface area contributed by atoms with Crippen molar-refractivity contribution in [3.63, 3.8) is 0 Å². The van der Waals surface area contributed by atoms with Crippen LogP contribution in [0.4, 0.5) is 0 Å². The third-order valence-electron chi connectivity index (χ3n) is 5.11. The number of halogens is 1. The first-order valence-electron chi connectivity index (χ1n) is 9.60. The van der Waals surface area contributed by atoms with Crippen LogP contribution in [0.2, 0.25) is 0 Å². The number of ether oxygens (including phenoxy) is 3. The maximum absolute atomic E-state index is 11.8. The van der Waals surface area contributed by atoms with E-state index in [-0.39, 0.29) is 0 Å². The Morgan fingerprint density at radius 2 is 0.750 bits per heavy atom. The Morgan fingerprint density at radius 3 is 0.938 bits per heavy atom. The topological polar surface area (TPSA) is 78.9 Å². The Labute approximate surface area is 193 Å². The molecule has 0 aliphatic heterocycles. The van der Waals surface area contributed by atoms with Crippen molar-refractivity contribution >= 4 is 54.8 Å². The average Bonchev–Trinajstić information content (AvgIpc) is 2.87. The van der Waals surface area contributed by atoms with Gasteiger partial charge in [0.15, 0.2) is 0 Å². The van der Waals surface area contributed by atoms with Gasteiger partial charge in [0.2, 0.25) is 0 Å². The molecule has 8 heteroatoms. The number of esters is 3. The summed E-state index contributed by atoms with van der Waals surface area (Å²) in [7, 11) is 11.5.